The van der Waals surface area contributed by atoms with E-state index in [2.05, 4.69) is 5.16 Å². The lowest BCUT2D eigenvalue weighted by molar-refractivity contribution is -0.158. The van der Waals surface area contributed by atoms with Gasteiger partial charge in [-0.15, -0.1) is 0 Å². The predicted octanol–water partition coefficient (Wildman–Crippen LogP) is 0.536. The summed E-state index contributed by atoms with van der Waals surface area (Å²) in [6.45, 7) is 4.37. The van der Waals surface area contributed by atoms with E-state index in [1.165, 1.54) is 4.90 Å². The maximum absolute atomic E-state index is 12.2. The number of carboxylic acids is 1. The third kappa shape index (κ3) is 2.98. The summed E-state index contributed by atoms with van der Waals surface area (Å²) < 4.78 is 10.2. The Balaban J connectivity index is 1.98. The van der Waals surface area contributed by atoms with Crippen LogP contribution >= 0.6 is 0 Å². The number of aromatic nitrogens is 1. The molecule has 0 spiro atoms. The Morgan fingerprint density at radius 1 is 1.45 bits per heavy atom. The van der Waals surface area contributed by atoms with E-state index < -0.39 is 12.0 Å². The summed E-state index contributed by atoms with van der Waals surface area (Å²) in [6.07, 6.45) is 0.746. The van der Waals surface area contributed by atoms with Gasteiger partial charge in [0.1, 0.15) is 5.76 Å². The molecule has 1 atom stereocenters. The largest absolute Gasteiger partial charge is 0.480 e. The van der Waals surface area contributed by atoms with E-state index in [9.17, 15) is 9.59 Å². The molecule has 2 rings (SSSR count). The molecule has 0 saturated carbocycles. The van der Waals surface area contributed by atoms with Gasteiger partial charge in [0.25, 0.3) is 0 Å². The Labute approximate surface area is 116 Å². The number of amides is 1. The minimum Gasteiger partial charge on any atom is -0.480 e. The van der Waals surface area contributed by atoms with E-state index in [-0.39, 0.29) is 18.9 Å². The zero-order valence-corrected chi connectivity index (χ0v) is 11.6. The molecule has 1 N–H and O–H groups in total. The molecule has 0 radical (unpaired) electrons. The second-order valence-electron chi connectivity index (χ2n) is 4.82. The molecule has 1 aliphatic heterocycles. The Morgan fingerprint density at radius 2 is 2.20 bits per heavy atom. The molecule has 7 nitrogen and oxygen atoms in total. The highest BCUT2D eigenvalue weighted by molar-refractivity contribution is 5.84. The maximum Gasteiger partial charge on any atom is 0.328 e. The van der Waals surface area contributed by atoms with E-state index in [4.69, 9.17) is 14.4 Å². The van der Waals surface area contributed by atoms with E-state index in [1.807, 2.05) is 6.92 Å². The lowest BCUT2D eigenvalue weighted by Gasteiger charge is -2.32. The van der Waals surface area contributed by atoms with Crippen LogP contribution in [0.1, 0.15) is 23.4 Å². The highest BCUT2D eigenvalue weighted by Crippen LogP contribution is 2.16. The molecule has 0 aromatic carbocycles. The van der Waals surface area contributed by atoms with Crippen molar-refractivity contribution in [1.82, 2.24) is 10.1 Å². The normalized spacial score (nSPS) is 19.1. The van der Waals surface area contributed by atoms with E-state index in [0.29, 0.717) is 25.3 Å². The summed E-state index contributed by atoms with van der Waals surface area (Å²) in [6, 6.07) is -0.888. The van der Waals surface area contributed by atoms with Crippen LogP contribution in [0.2, 0.25) is 0 Å². The average Bonchev–Trinajstić information content (AvgIpc) is 2.75. The molecule has 1 aromatic heterocycles. The van der Waals surface area contributed by atoms with Gasteiger partial charge in [0, 0.05) is 18.5 Å². The summed E-state index contributed by atoms with van der Waals surface area (Å²) in [7, 11) is 0. The van der Waals surface area contributed by atoms with Crippen LogP contribution < -0.4 is 0 Å². The molecule has 20 heavy (non-hydrogen) atoms. The zero-order chi connectivity index (χ0) is 14.7. The van der Waals surface area contributed by atoms with Crippen LogP contribution in [0, 0.1) is 13.8 Å². The fraction of sp³-hybridized carbons (Fsp3) is 0.615. The molecule has 0 unspecified atom stereocenters. The number of rotatable bonds is 4. The monoisotopic (exact) mass is 282 g/mol. The van der Waals surface area contributed by atoms with Gasteiger partial charge in [-0.2, -0.15) is 0 Å². The van der Waals surface area contributed by atoms with Crippen molar-refractivity contribution in [1.29, 1.82) is 0 Å². The number of nitrogens with zero attached hydrogens (tertiary/aromatic N) is 2. The van der Waals surface area contributed by atoms with Gasteiger partial charge in [-0.1, -0.05) is 5.16 Å². The summed E-state index contributed by atoms with van der Waals surface area (Å²) in [5.41, 5.74) is 1.69. The number of aliphatic carboxylic acids is 1. The number of ether oxygens (including phenoxy) is 1. The molecule has 1 amide bonds. The number of hydrogen-bond acceptors (Lipinski definition) is 5. The van der Waals surface area contributed by atoms with Gasteiger partial charge in [-0.05, 0) is 20.3 Å². The van der Waals surface area contributed by atoms with E-state index >= 15 is 0 Å². The van der Waals surface area contributed by atoms with Crippen LogP contribution in [-0.4, -0.2) is 52.8 Å². The summed E-state index contributed by atoms with van der Waals surface area (Å²) in [5.74, 6) is -0.511. The van der Waals surface area contributed by atoms with Crippen molar-refractivity contribution in [2.45, 2.75) is 32.7 Å². The molecule has 0 aliphatic carbocycles. The van der Waals surface area contributed by atoms with Crippen LogP contribution in [-0.2, 0) is 20.7 Å². The molecular weight excluding hydrogens is 264 g/mol. The SMILES string of the molecule is Cc1noc(C)c1CCC(=O)N1CCOC[C@H]1C(=O)O. The van der Waals surface area contributed by atoms with Crippen LogP contribution in [0.5, 0.6) is 0 Å². The van der Waals surface area contributed by atoms with Gasteiger partial charge in [-0.25, -0.2) is 4.79 Å². The standard InChI is InChI=1S/C13H18N2O5/c1-8-10(9(2)20-14-8)3-4-12(16)15-5-6-19-7-11(15)13(17)18/h11H,3-7H2,1-2H3,(H,17,18)/t11-/m0/s1. The Kier molecular flexibility index (Phi) is 4.39. The van der Waals surface area contributed by atoms with Crippen molar-refractivity contribution >= 4 is 11.9 Å². The number of morpholine rings is 1. The lowest BCUT2D eigenvalue weighted by atomic mass is 10.1. The van der Waals surface area contributed by atoms with Crippen molar-refractivity contribution < 1.29 is 24.0 Å². The van der Waals surface area contributed by atoms with Gasteiger partial charge in [0.15, 0.2) is 6.04 Å². The number of carbonyl (C=O) groups excluding carboxylic acids is 1. The minimum atomic E-state index is -1.03. The topological polar surface area (TPSA) is 92.9 Å². The van der Waals surface area contributed by atoms with Crippen LogP contribution in [0.25, 0.3) is 0 Å². The Morgan fingerprint density at radius 3 is 2.80 bits per heavy atom. The first-order valence-corrected chi connectivity index (χ1v) is 6.52. The number of aryl methyl sites for hydroxylation is 2. The predicted molar refractivity (Wildman–Crippen MR) is 68.3 cm³/mol. The number of carboxylic acid groups (broad SMARTS) is 1. The van der Waals surface area contributed by atoms with Gasteiger partial charge in [0.2, 0.25) is 5.91 Å². The molecular formula is C13H18N2O5. The maximum atomic E-state index is 12.2. The first kappa shape index (κ1) is 14.5. The van der Waals surface area contributed by atoms with Crippen LogP contribution in [0.4, 0.5) is 0 Å². The first-order chi connectivity index (χ1) is 9.50. The van der Waals surface area contributed by atoms with Crippen molar-refractivity contribution in [3.63, 3.8) is 0 Å². The van der Waals surface area contributed by atoms with Gasteiger partial charge in [-0.3, -0.25) is 4.79 Å². The zero-order valence-electron chi connectivity index (χ0n) is 11.6. The number of carbonyl (C=O) groups is 2. The van der Waals surface area contributed by atoms with E-state index in [0.717, 1.165) is 11.3 Å². The smallest absolute Gasteiger partial charge is 0.328 e. The van der Waals surface area contributed by atoms with Gasteiger partial charge >= 0.3 is 5.97 Å². The second-order valence-corrected chi connectivity index (χ2v) is 4.82. The average molecular weight is 282 g/mol. The summed E-state index contributed by atoms with van der Waals surface area (Å²) in [4.78, 5) is 24.7. The van der Waals surface area contributed by atoms with Crippen LogP contribution in [0.3, 0.4) is 0 Å². The van der Waals surface area contributed by atoms with Crippen molar-refractivity contribution in [2.75, 3.05) is 19.8 Å². The lowest BCUT2D eigenvalue weighted by Crippen LogP contribution is -2.52. The molecule has 2 heterocycles. The molecule has 110 valence electrons. The molecule has 1 saturated heterocycles. The molecule has 1 fully saturated rings. The number of hydrogen-bond donors (Lipinski definition) is 1. The quantitative estimate of drug-likeness (QED) is 0.866. The Bertz CT molecular complexity index is 491. The van der Waals surface area contributed by atoms with Crippen molar-refractivity contribution in [2.24, 2.45) is 0 Å². The highest BCUT2D eigenvalue weighted by atomic mass is 16.5. The van der Waals surface area contributed by atoms with Crippen molar-refractivity contribution in [3.8, 4) is 0 Å². The molecule has 1 aliphatic rings. The fourth-order valence-corrected chi connectivity index (χ4v) is 2.34. The fourth-order valence-electron chi connectivity index (χ4n) is 2.34. The van der Waals surface area contributed by atoms with E-state index in [1.54, 1.807) is 6.92 Å². The third-order valence-electron chi connectivity index (χ3n) is 3.50. The van der Waals surface area contributed by atoms with Gasteiger partial charge < -0.3 is 19.3 Å². The third-order valence-corrected chi connectivity index (χ3v) is 3.50. The molecule has 7 heteroatoms. The highest BCUT2D eigenvalue weighted by Gasteiger charge is 2.32. The summed E-state index contributed by atoms with van der Waals surface area (Å²) >= 11 is 0. The molecule has 0 bridgehead atoms. The first-order valence-electron chi connectivity index (χ1n) is 6.52. The molecule has 1 aromatic rings. The van der Waals surface area contributed by atoms with Crippen molar-refractivity contribution in [3.05, 3.63) is 17.0 Å². The van der Waals surface area contributed by atoms with Gasteiger partial charge in [0.05, 0.1) is 18.9 Å². The van der Waals surface area contributed by atoms with Crippen LogP contribution in [0.15, 0.2) is 4.52 Å². The second kappa shape index (κ2) is 6.04. The Hall–Kier alpha value is -1.89. The summed E-state index contributed by atoms with van der Waals surface area (Å²) in [5, 5.41) is 12.9. The minimum absolute atomic E-state index is 0.0480.